The fourth-order valence-electron chi connectivity index (χ4n) is 2.31. The van der Waals surface area contributed by atoms with E-state index in [4.69, 9.17) is 18.0 Å². The lowest BCUT2D eigenvalue weighted by molar-refractivity contribution is -0.123. The van der Waals surface area contributed by atoms with Gasteiger partial charge in [0, 0.05) is 6.54 Å². The second kappa shape index (κ2) is 6.34. The Hall–Kier alpha value is -0.640. The predicted molar refractivity (Wildman–Crippen MR) is 74.8 cm³/mol. The second-order valence-electron chi connectivity index (χ2n) is 5.21. The first kappa shape index (κ1) is 14.4. The van der Waals surface area contributed by atoms with Gasteiger partial charge in [-0.05, 0) is 31.1 Å². The third-order valence-electron chi connectivity index (χ3n) is 3.61. The maximum absolute atomic E-state index is 12.0. The summed E-state index contributed by atoms with van der Waals surface area (Å²) in [5, 5.41) is 3.03. The molecule has 1 rings (SSSR count). The van der Waals surface area contributed by atoms with E-state index < -0.39 is 0 Å². The van der Waals surface area contributed by atoms with Crippen molar-refractivity contribution >= 4 is 23.1 Å². The molecule has 1 atom stereocenters. The molecule has 3 nitrogen and oxygen atoms in total. The third-order valence-corrected chi connectivity index (χ3v) is 3.90. The minimum Gasteiger partial charge on any atom is -0.393 e. The quantitative estimate of drug-likeness (QED) is 0.656. The molecule has 98 valence electrons. The van der Waals surface area contributed by atoms with E-state index in [0.29, 0.717) is 10.4 Å². The van der Waals surface area contributed by atoms with Crippen LogP contribution in [0.25, 0.3) is 0 Å². The molecule has 1 amide bonds. The summed E-state index contributed by atoms with van der Waals surface area (Å²) < 4.78 is 0. The molecule has 0 aromatic heterocycles. The number of hydrogen-bond donors (Lipinski definition) is 2. The Kier molecular flexibility index (Phi) is 5.37. The number of nitrogens with two attached hydrogens (primary N) is 1. The van der Waals surface area contributed by atoms with Gasteiger partial charge in [-0.2, -0.15) is 0 Å². The van der Waals surface area contributed by atoms with E-state index in [1.807, 2.05) is 6.92 Å². The lowest BCUT2D eigenvalue weighted by Gasteiger charge is -2.18. The van der Waals surface area contributed by atoms with E-state index in [1.165, 1.54) is 25.7 Å². The molecular weight excluding hydrogens is 232 g/mol. The highest BCUT2D eigenvalue weighted by atomic mass is 32.1. The fraction of sp³-hybridized carbons (Fsp3) is 0.846. The van der Waals surface area contributed by atoms with Crippen molar-refractivity contribution in [1.29, 1.82) is 0 Å². The highest BCUT2D eigenvalue weighted by Crippen LogP contribution is 2.48. The van der Waals surface area contributed by atoms with Gasteiger partial charge in [0.25, 0.3) is 0 Å². The van der Waals surface area contributed by atoms with E-state index in [-0.39, 0.29) is 11.8 Å². The second-order valence-corrected chi connectivity index (χ2v) is 5.68. The first-order valence-electron chi connectivity index (χ1n) is 6.61. The Bertz CT molecular complexity index is 287. The minimum atomic E-state index is -0.285. The lowest BCUT2D eigenvalue weighted by Crippen LogP contribution is -2.40. The van der Waals surface area contributed by atoms with Crippen LogP contribution in [-0.4, -0.2) is 17.4 Å². The van der Waals surface area contributed by atoms with Crippen LogP contribution >= 0.6 is 12.2 Å². The Labute approximate surface area is 110 Å². The standard InChI is InChI=1S/C13H24N2OS/c1-3-5-10(11(14)17)12(16)15-9-13(6-4-2)7-8-13/h10H,3-9H2,1-2H3,(H2,14,17)(H,15,16). The largest absolute Gasteiger partial charge is 0.393 e. The van der Waals surface area contributed by atoms with Crippen LogP contribution in [0.3, 0.4) is 0 Å². The Morgan fingerprint density at radius 2 is 2.06 bits per heavy atom. The molecule has 1 aliphatic rings. The molecule has 4 heteroatoms. The number of carbonyl (C=O) groups is 1. The van der Waals surface area contributed by atoms with Crippen molar-refractivity contribution in [1.82, 2.24) is 5.32 Å². The molecule has 0 aromatic rings. The van der Waals surface area contributed by atoms with Crippen molar-refractivity contribution in [2.24, 2.45) is 17.1 Å². The van der Waals surface area contributed by atoms with Crippen molar-refractivity contribution < 1.29 is 4.79 Å². The van der Waals surface area contributed by atoms with Crippen LogP contribution in [0, 0.1) is 11.3 Å². The van der Waals surface area contributed by atoms with E-state index in [2.05, 4.69) is 12.2 Å². The molecule has 1 saturated carbocycles. The molecule has 0 heterocycles. The summed E-state index contributed by atoms with van der Waals surface area (Å²) in [5.74, 6) is -0.269. The van der Waals surface area contributed by atoms with Crippen LogP contribution < -0.4 is 11.1 Å². The predicted octanol–water partition coefficient (Wildman–Crippen LogP) is 2.39. The van der Waals surface area contributed by atoms with Gasteiger partial charge in [-0.1, -0.05) is 38.9 Å². The van der Waals surface area contributed by atoms with E-state index in [1.54, 1.807) is 0 Å². The maximum Gasteiger partial charge on any atom is 0.229 e. The van der Waals surface area contributed by atoms with Crippen molar-refractivity contribution in [2.45, 2.75) is 52.4 Å². The molecule has 1 fully saturated rings. The van der Waals surface area contributed by atoms with Crippen LogP contribution in [0.2, 0.25) is 0 Å². The Balaban J connectivity index is 2.39. The van der Waals surface area contributed by atoms with E-state index >= 15 is 0 Å². The number of rotatable bonds is 8. The summed E-state index contributed by atoms with van der Waals surface area (Å²) in [4.78, 5) is 12.3. The summed E-state index contributed by atoms with van der Waals surface area (Å²) in [6.45, 7) is 5.03. The third kappa shape index (κ3) is 4.26. The maximum atomic E-state index is 12.0. The van der Waals surface area contributed by atoms with Gasteiger partial charge >= 0.3 is 0 Å². The molecule has 0 radical (unpaired) electrons. The van der Waals surface area contributed by atoms with Crippen LogP contribution in [0.15, 0.2) is 0 Å². The highest BCUT2D eigenvalue weighted by Gasteiger charge is 2.41. The van der Waals surface area contributed by atoms with E-state index in [9.17, 15) is 4.79 Å². The van der Waals surface area contributed by atoms with Crippen molar-refractivity contribution in [3.05, 3.63) is 0 Å². The molecule has 17 heavy (non-hydrogen) atoms. The Morgan fingerprint density at radius 3 is 2.47 bits per heavy atom. The van der Waals surface area contributed by atoms with Crippen molar-refractivity contribution in [2.75, 3.05) is 6.54 Å². The fourth-order valence-corrected chi connectivity index (χ4v) is 2.54. The molecule has 0 bridgehead atoms. The zero-order chi connectivity index (χ0) is 12.9. The SMILES string of the molecule is CCCC(C(=O)NCC1(CCC)CC1)C(N)=S. The van der Waals surface area contributed by atoms with E-state index in [0.717, 1.165) is 19.4 Å². The molecule has 0 spiro atoms. The summed E-state index contributed by atoms with van der Waals surface area (Å²) in [7, 11) is 0. The van der Waals surface area contributed by atoms with Gasteiger partial charge < -0.3 is 11.1 Å². The summed E-state index contributed by atoms with van der Waals surface area (Å²) in [6, 6.07) is 0. The highest BCUT2D eigenvalue weighted by molar-refractivity contribution is 7.80. The number of thiocarbonyl (C=S) groups is 1. The number of hydrogen-bond acceptors (Lipinski definition) is 2. The van der Waals surface area contributed by atoms with Crippen molar-refractivity contribution in [3.63, 3.8) is 0 Å². The zero-order valence-electron chi connectivity index (χ0n) is 10.9. The topological polar surface area (TPSA) is 55.1 Å². The summed E-state index contributed by atoms with van der Waals surface area (Å²) in [5.41, 5.74) is 5.99. The van der Waals surface area contributed by atoms with Gasteiger partial charge in [0.15, 0.2) is 0 Å². The van der Waals surface area contributed by atoms with Gasteiger partial charge in [0.1, 0.15) is 0 Å². The van der Waals surface area contributed by atoms with Gasteiger partial charge in [0.05, 0.1) is 10.9 Å². The molecular formula is C13H24N2OS. The van der Waals surface area contributed by atoms with Crippen LogP contribution in [0.1, 0.15) is 52.4 Å². The Morgan fingerprint density at radius 1 is 1.41 bits per heavy atom. The normalized spacial score (nSPS) is 18.5. The van der Waals surface area contributed by atoms with Crippen molar-refractivity contribution in [3.8, 4) is 0 Å². The lowest BCUT2D eigenvalue weighted by atomic mass is 9.99. The monoisotopic (exact) mass is 256 g/mol. The first-order valence-corrected chi connectivity index (χ1v) is 7.02. The van der Waals surface area contributed by atoms with Gasteiger partial charge in [-0.15, -0.1) is 0 Å². The molecule has 3 N–H and O–H groups in total. The number of carbonyl (C=O) groups excluding carboxylic acids is 1. The molecule has 1 aliphatic carbocycles. The van der Waals surface area contributed by atoms with Gasteiger partial charge in [-0.25, -0.2) is 0 Å². The van der Waals surface area contributed by atoms with Gasteiger partial charge in [-0.3, -0.25) is 4.79 Å². The average Bonchev–Trinajstić information content (AvgIpc) is 3.03. The summed E-state index contributed by atoms with van der Waals surface area (Å²) in [6.07, 6.45) is 6.55. The molecule has 0 saturated heterocycles. The first-order chi connectivity index (χ1) is 8.04. The van der Waals surface area contributed by atoms with Crippen LogP contribution in [0.5, 0.6) is 0 Å². The van der Waals surface area contributed by atoms with Crippen LogP contribution in [-0.2, 0) is 4.79 Å². The van der Waals surface area contributed by atoms with Gasteiger partial charge in [0.2, 0.25) is 5.91 Å². The molecule has 0 aliphatic heterocycles. The number of nitrogens with one attached hydrogen (secondary N) is 1. The molecule has 1 unspecified atom stereocenters. The summed E-state index contributed by atoms with van der Waals surface area (Å²) >= 11 is 4.95. The molecule has 0 aromatic carbocycles. The number of amides is 1. The zero-order valence-corrected chi connectivity index (χ0v) is 11.7. The average molecular weight is 256 g/mol. The van der Waals surface area contributed by atoms with Crippen LogP contribution in [0.4, 0.5) is 0 Å². The smallest absolute Gasteiger partial charge is 0.229 e. The minimum absolute atomic E-state index is 0.0155.